The van der Waals surface area contributed by atoms with Gasteiger partial charge in [-0.3, -0.25) is 4.79 Å². The van der Waals surface area contributed by atoms with E-state index < -0.39 is 0 Å². The fraction of sp³-hybridized carbons (Fsp3) is 0.875. The molecule has 0 aromatic carbocycles. The van der Waals surface area contributed by atoms with Gasteiger partial charge in [-0.05, 0) is 51.9 Å². The second-order valence-corrected chi connectivity index (χ2v) is 5.88. The first-order valence-electron chi connectivity index (χ1n) is 8.30. The van der Waals surface area contributed by atoms with Crippen LogP contribution in [0.25, 0.3) is 0 Å². The second-order valence-electron chi connectivity index (χ2n) is 5.88. The molecule has 0 saturated carbocycles. The summed E-state index contributed by atoms with van der Waals surface area (Å²) in [6.07, 6.45) is 7.51. The van der Waals surface area contributed by atoms with Gasteiger partial charge in [0.15, 0.2) is 0 Å². The monoisotopic (exact) mass is 297 g/mol. The van der Waals surface area contributed by atoms with Crippen LogP contribution in [-0.2, 0) is 19.1 Å². The zero-order valence-electron chi connectivity index (χ0n) is 13.0. The van der Waals surface area contributed by atoms with Crippen LogP contribution in [0.3, 0.4) is 0 Å². The molecule has 0 N–H and O–H groups in total. The molecule has 2 rings (SSSR count). The van der Waals surface area contributed by atoms with Crippen LogP contribution in [0.5, 0.6) is 0 Å². The molecule has 2 aliphatic rings. The van der Waals surface area contributed by atoms with Crippen molar-refractivity contribution >= 4 is 11.9 Å². The van der Waals surface area contributed by atoms with E-state index in [4.69, 9.17) is 9.47 Å². The minimum Gasteiger partial charge on any atom is -0.464 e. The summed E-state index contributed by atoms with van der Waals surface area (Å²) in [4.78, 5) is 26.1. The zero-order valence-corrected chi connectivity index (χ0v) is 13.0. The average Bonchev–Trinajstić information content (AvgIpc) is 2.54. The Labute approximate surface area is 127 Å². The van der Waals surface area contributed by atoms with Crippen molar-refractivity contribution in [3.8, 4) is 0 Å². The third-order valence-electron chi connectivity index (χ3n) is 4.34. The van der Waals surface area contributed by atoms with Gasteiger partial charge in [-0.1, -0.05) is 0 Å². The van der Waals surface area contributed by atoms with Gasteiger partial charge in [0.05, 0.1) is 12.7 Å². The average molecular weight is 297 g/mol. The van der Waals surface area contributed by atoms with Crippen molar-refractivity contribution in [1.29, 1.82) is 0 Å². The minimum atomic E-state index is -0.376. The number of carbonyl (C=O) groups is 2. The van der Waals surface area contributed by atoms with Gasteiger partial charge in [0.1, 0.15) is 6.04 Å². The number of amides is 1. The molecular weight excluding hydrogens is 270 g/mol. The maximum atomic E-state index is 12.4. The first-order valence-corrected chi connectivity index (χ1v) is 8.30. The van der Waals surface area contributed by atoms with Gasteiger partial charge >= 0.3 is 5.97 Å². The van der Waals surface area contributed by atoms with Crippen LogP contribution in [0, 0.1) is 0 Å². The normalized spacial score (nSPS) is 26.4. The molecule has 5 nitrogen and oxygen atoms in total. The topological polar surface area (TPSA) is 55.8 Å². The van der Waals surface area contributed by atoms with Gasteiger partial charge in [-0.2, -0.15) is 0 Å². The van der Waals surface area contributed by atoms with Crippen molar-refractivity contribution in [2.75, 3.05) is 19.8 Å². The van der Waals surface area contributed by atoms with Crippen molar-refractivity contribution in [1.82, 2.24) is 4.90 Å². The number of nitrogens with zero attached hydrogens (tertiary/aromatic N) is 1. The number of hydrogen-bond acceptors (Lipinski definition) is 4. The third-order valence-corrected chi connectivity index (χ3v) is 4.34. The molecule has 0 aromatic rings. The smallest absolute Gasteiger partial charge is 0.328 e. The van der Waals surface area contributed by atoms with Gasteiger partial charge in [-0.25, -0.2) is 4.79 Å². The van der Waals surface area contributed by atoms with Crippen LogP contribution < -0.4 is 0 Å². The van der Waals surface area contributed by atoms with E-state index in [2.05, 4.69) is 0 Å². The molecule has 2 atom stereocenters. The van der Waals surface area contributed by atoms with Crippen LogP contribution in [-0.4, -0.2) is 48.7 Å². The molecule has 2 saturated heterocycles. The molecule has 2 fully saturated rings. The van der Waals surface area contributed by atoms with E-state index in [0.717, 1.165) is 45.1 Å². The van der Waals surface area contributed by atoms with Crippen molar-refractivity contribution in [2.24, 2.45) is 0 Å². The zero-order chi connectivity index (χ0) is 15.1. The Morgan fingerprint density at radius 1 is 1.19 bits per heavy atom. The summed E-state index contributed by atoms with van der Waals surface area (Å²) in [6, 6.07) is -0.376. The van der Waals surface area contributed by atoms with Gasteiger partial charge in [0.2, 0.25) is 5.91 Å². The maximum Gasteiger partial charge on any atom is 0.328 e. The summed E-state index contributed by atoms with van der Waals surface area (Å²) >= 11 is 0. The lowest BCUT2D eigenvalue weighted by Crippen LogP contribution is -2.48. The Morgan fingerprint density at radius 2 is 2.00 bits per heavy atom. The van der Waals surface area contributed by atoms with Crippen molar-refractivity contribution in [3.63, 3.8) is 0 Å². The van der Waals surface area contributed by atoms with Gasteiger partial charge in [0, 0.05) is 19.6 Å². The van der Waals surface area contributed by atoms with Gasteiger partial charge in [-0.15, -0.1) is 0 Å². The second kappa shape index (κ2) is 8.37. The fourth-order valence-corrected chi connectivity index (χ4v) is 3.18. The molecule has 0 aliphatic carbocycles. The van der Waals surface area contributed by atoms with E-state index in [1.807, 2.05) is 0 Å². The molecule has 2 aliphatic heterocycles. The van der Waals surface area contributed by atoms with E-state index in [1.54, 1.807) is 11.8 Å². The Bertz CT molecular complexity index is 352. The highest BCUT2D eigenvalue weighted by molar-refractivity contribution is 5.84. The molecule has 0 radical (unpaired) electrons. The lowest BCUT2D eigenvalue weighted by molar-refractivity contribution is -0.156. The minimum absolute atomic E-state index is 0.0712. The number of esters is 1. The molecule has 0 bridgehead atoms. The number of rotatable bonds is 5. The summed E-state index contributed by atoms with van der Waals surface area (Å²) in [6.45, 7) is 3.66. The number of likely N-dealkylation sites (tertiary alicyclic amines) is 1. The highest BCUT2D eigenvalue weighted by Gasteiger charge is 2.33. The lowest BCUT2D eigenvalue weighted by Gasteiger charge is -2.34. The Hall–Kier alpha value is -1.10. The Balaban J connectivity index is 1.84. The van der Waals surface area contributed by atoms with Gasteiger partial charge < -0.3 is 14.4 Å². The fourth-order valence-electron chi connectivity index (χ4n) is 3.18. The van der Waals surface area contributed by atoms with Crippen LogP contribution in [0.15, 0.2) is 0 Å². The quantitative estimate of drug-likeness (QED) is 0.731. The summed E-state index contributed by atoms with van der Waals surface area (Å²) < 4.78 is 10.8. The first kappa shape index (κ1) is 16.3. The van der Waals surface area contributed by atoms with E-state index in [1.165, 1.54) is 6.42 Å². The first-order chi connectivity index (χ1) is 10.2. The number of ether oxygens (including phenoxy) is 2. The van der Waals surface area contributed by atoms with Crippen LogP contribution in [0.4, 0.5) is 0 Å². The number of piperidine rings is 1. The molecule has 5 heteroatoms. The SMILES string of the molecule is CCOC(=O)C1CCCCN1C(=O)CCC1CCCCO1. The maximum absolute atomic E-state index is 12.4. The van der Waals surface area contributed by atoms with Crippen molar-refractivity contribution < 1.29 is 19.1 Å². The molecule has 0 spiro atoms. The molecule has 120 valence electrons. The van der Waals surface area contributed by atoms with Crippen LogP contribution in [0.2, 0.25) is 0 Å². The van der Waals surface area contributed by atoms with Crippen molar-refractivity contribution in [3.05, 3.63) is 0 Å². The standard InChI is InChI=1S/C16H27NO4/c1-2-20-16(19)14-8-3-5-11-17(14)15(18)10-9-13-7-4-6-12-21-13/h13-14H,2-12H2,1H3. The molecule has 1 amide bonds. The van der Waals surface area contributed by atoms with E-state index in [0.29, 0.717) is 19.6 Å². The van der Waals surface area contributed by atoms with Crippen LogP contribution in [0.1, 0.15) is 58.3 Å². The summed E-state index contributed by atoms with van der Waals surface area (Å²) in [5.74, 6) is -0.179. The third kappa shape index (κ3) is 4.70. The van der Waals surface area contributed by atoms with E-state index in [9.17, 15) is 9.59 Å². The predicted octanol–water partition coefficient (Wildman–Crippen LogP) is 2.28. The summed E-state index contributed by atoms with van der Waals surface area (Å²) in [5.41, 5.74) is 0. The number of carbonyl (C=O) groups excluding carboxylic acids is 2. The highest BCUT2D eigenvalue weighted by Crippen LogP contribution is 2.22. The molecule has 0 aromatic heterocycles. The summed E-state index contributed by atoms with van der Waals surface area (Å²) in [5, 5.41) is 0. The van der Waals surface area contributed by atoms with Crippen molar-refractivity contribution in [2.45, 2.75) is 70.4 Å². The summed E-state index contributed by atoms with van der Waals surface area (Å²) in [7, 11) is 0. The lowest BCUT2D eigenvalue weighted by atomic mass is 10.00. The Morgan fingerprint density at radius 3 is 2.71 bits per heavy atom. The molecule has 2 heterocycles. The van der Waals surface area contributed by atoms with E-state index >= 15 is 0 Å². The highest BCUT2D eigenvalue weighted by atomic mass is 16.5. The van der Waals surface area contributed by atoms with Crippen LogP contribution >= 0.6 is 0 Å². The number of hydrogen-bond donors (Lipinski definition) is 0. The predicted molar refractivity (Wildman–Crippen MR) is 78.8 cm³/mol. The molecule has 21 heavy (non-hydrogen) atoms. The largest absolute Gasteiger partial charge is 0.464 e. The van der Waals surface area contributed by atoms with Gasteiger partial charge in [0.25, 0.3) is 0 Å². The molecule has 2 unspecified atom stereocenters. The molecular formula is C16H27NO4. The van der Waals surface area contributed by atoms with E-state index in [-0.39, 0.29) is 24.0 Å². The Kier molecular flexibility index (Phi) is 6.49.